The molecule has 1 aromatic rings. The molecule has 0 bridgehead atoms. The molecule has 0 radical (unpaired) electrons. The normalized spacial score (nSPS) is 18.0. The first-order chi connectivity index (χ1) is 10.6. The van der Waals surface area contributed by atoms with E-state index in [-0.39, 0.29) is 36.2 Å². The Morgan fingerprint density at radius 2 is 2.13 bits per heavy atom. The van der Waals surface area contributed by atoms with Gasteiger partial charge >= 0.3 is 0 Å². The molecule has 2 rings (SSSR count). The number of hydrogen-bond acceptors (Lipinski definition) is 5. The van der Waals surface area contributed by atoms with Crippen LogP contribution < -0.4 is 11.1 Å². The lowest BCUT2D eigenvalue weighted by atomic mass is 9.99. The number of halogens is 1. The molecular weight excluding hydrogens is 320 g/mol. The lowest BCUT2D eigenvalue weighted by Crippen LogP contribution is -2.44. The second-order valence-corrected chi connectivity index (χ2v) is 5.52. The molecule has 1 unspecified atom stereocenters. The van der Waals surface area contributed by atoms with Crippen molar-refractivity contribution in [1.82, 2.24) is 4.90 Å². The number of hydrogen-bond donors (Lipinski definition) is 2. The summed E-state index contributed by atoms with van der Waals surface area (Å²) in [6, 6.07) is 6.50. The van der Waals surface area contributed by atoms with Crippen molar-refractivity contribution < 1.29 is 9.72 Å². The molecule has 3 N–H and O–H groups in total. The van der Waals surface area contributed by atoms with Crippen LogP contribution in [0.3, 0.4) is 0 Å². The zero-order chi connectivity index (χ0) is 15.9. The lowest BCUT2D eigenvalue weighted by Gasteiger charge is -2.35. The molecule has 23 heavy (non-hydrogen) atoms. The summed E-state index contributed by atoms with van der Waals surface area (Å²) in [6.07, 6.45) is 4.15. The number of nitro groups is 1. The predicted octanol–water partition coefficient (Wildman–Crippen LogP) is 2.16. The third-order valence-electron chi connectivity index (χ3n) is 3.97. The van der Waals surface area contributed by atoms with Crippen LogP contribution in [0.5, 0.6) is 0 Å². The van der Waals surface area contributed by atoms with Gasteiger partial charge in [-0.05, 0) is 38.4 Å². The highest BCUT2D eigenvalue weighted by Crippen LogP contribution is 2.24. The number of piperidine rings is 1. The first kappa shape index (κ1) is 19.3. The lowest BCUT2D eigenvalue weighted by molar-refractivity contribution is -0.383. The summed E-state index contributed by atoms with van der Waals surface area (Å²) in [4.78, 5) is 24.8. The molecule has 1 aliphatic rings. The summed E-state index contributed by atoms with van der Waals surface area (Å²) < 4.78 is 0. The summed E-state index contributed by atoms with van der Waals surface area (Å²) >= 11 is 0. The van der Waals surface area contributed by atoms with E-state index in [9.17, 15) is 14.9 Å². The van der Waals surface area contributed by atoms with Crippen LogP contribution >= 0.6 is 12.4 Å². The number of anilines is 1. The molecule has 128 valence electrons. The van der Waals surface area contributed by atoms with Gasteiger partial charge in [-0.25, -0.2) is 0 Å². The van der Waals surface area contributed by atoms with Crippen molar-refractivity contribution in [1.29, 1.82) is 0 Å². The summed E-state index contributed by atoms with van der Waals surface area (Å²) in [5.74, 6) is -0.224. The van der Waals surface area contributed by atoms with E-state index in [1.807, 2.05) is 0 Å². The van der Waals surface area contributed by atoms with Crippen molar-refractivity contribution in [3.63, 3.8) is 0 Å². The van der Waals surface area contributed by atoms with E-state index < -0.39 is 4.92 Å². The van der Waals surface area contributed by atoms with E-state index in [0.717, 1.165) is 32.2 Å². The van der Waals surface area contributed by atoms with E-state index in [2.05, 4.69) is 10.2 Å². The minimum atomic E-state index is -0.492. The largest absolute Gasteiger partial charge is 0.330 e. The minimum absolute atomic E-state index is 0. The van der Waals surface area contributed by atoms with Crippen LogP contribution in [0.4, 0.5) is 11.4 Å². The van der Waals surface area contributed by atoms with Gasteiger partial charge in [-0.15, -0.1) is 12.4 Å². The third-order valence-corrected chi connectivity index (χ3v) is 3.97. The number of likely N-dealkylation sites (tertiary alicyclic amines) is 1. The zero-order valence-corrected chi connectivity index (χ0v) is 13.8. The highest BCUT2D eigenvalue weighted by Gasteiger charge is 2.24. The fraction of sp³-hybridized carbons (Fsp3) is 0.533. The average molecular weight is 343 g/mol. The SMILES string of the molecule is Cl.NCCC1CCCCN1CC(=O)Nc1ccccc1[N+](=O)[O-]. The monoisotopic (exact) mass is 342 g/mol. The Morgan fingerprint density at radius 1 is 1.39 bits per heavy atom. The minimum Gasteiger partial charge on any atom is -0.330 e. The summed E-state index contributed by atoms with van der Waals surface area (Å²) in [7, 11) is 0. The Morgan fingerprint density at radius 3 is 2.83 bits per heavy atom. The highest BCUT2D eigenvalue weighted by molar-refractivity contribution is 5.94. The Bertz CT molecular complexity index is 539. The number of nitrogens with one attached hydrogen (secondary N) is 1. The second kappa shape index (κ2) is 9.44. The quantitative estimate of drug-likeness (QED) is 0.609. The van der Waals surface area contributed by atoms with Crippen molar-refractivity contribution in [3.8, 4) is 0 Å². The Labute approximate surface area is 141 Å². The van der Waals surface area contributed by atoms with Gasteiger partial charge in [-0.2, -0.15) is 0 Å². The second-order valence-electron chi connectivity index (χ2n) is 5.52. The molecular formula is C15H23ClN4O3. The van der Waals surface area contributed by atoms with Crippen LogP contribution in [0.15, 0.2) is 24.3 Å². The maximum atomic E-state index is 12.2. The van der Waals surface area contributed by atoms with Crippen molar-refractivity contribution in [2.45, 2.75) is 31.7 Å². The van der Waals surface area contributed by atoms with E-state index in [4.69, 9.17) is 5.73 Å². The molecule has 0 spiro atoms. The van der Waals surface area contributed by atoms with Gasteiger partial charge in [0.25, 0.3) is 5.69 Å². The Hall–Kier alpha value is -1.70. The van der Waals surface area contributed by atoms with Gasteiger partial charge in [-0.3, -0.25) is 19.8 Å². The van der Waals surface area contributed by atoms with Gasteiger partial charge in [0.15, 0.2) is 0 Å². The van der Waals surface area contributed by atoms with Crippen LogP contribution in [-0.4, -0.2) is 41.4 Å². The number of carbonyl (C=O) groups excluding carboxylic acids is 1. The van der Waals surface area contributed by atoms with E-state index in [1.165, 1.54) is 6.07 Å². The van der Waals surface area contributed by atoms with Crippen molar-refractivity contribution in [3.05, 3.63) is 34.4 Å². The van der Waals surface area contributed by atoms with Crippen LogP contribution in [0.2, 0.25) is 0 Å². The molecule has 7 nitrogen and oxygen atoms in total. The number of carbonyl (C=O) groups is 1. The van der Waals surface area contributed by atoms with Crippen LogP contribution in [0, 0.1) is 10.1 Å². The van der Waals surface area contributed by atoms with Gasteiger partial charge < -0.3 is 11.1 Å². The number of benzene rings is 1. The number of nitrogens with two attached hydrogens (primary N) is 1. The Balaban J connectivity index is 0.00000264. The van der Waals surface area contributed by atoms with Gasteiger partial charge in [0, 0.05) is 12.1 Å². The third kappa shape index (κ3) is 5.46. The van der Waals surface area contributed by atoms with Gasteiger partial charge in [0.2, 0.25) is 5.91 Å². The number of rotatable bonds is 6. The molecule has 1 fully saturated rings. The maximum Gasteiger partial charge on any atom is 0.292 e. The highest BCUT2D eigenvalue weighted by atomic mass is 35.5. The van der Waals surface area contributed by atoms with Gasteiger partial charge in [-0.1, -0.05) is 18.6 Å². The fourth-order valence-electron chi connectivity index (χ4n) is 2.90. The molecule has 1 aliphatic heterocycles. The van der Waals surface area contributed by atoms with Crippen LogP contribution in [0.1, 0.15) is 25.7 Å². The van der Waals surface area contributed by atoms with Crippen LogP contribution in [0.25, 0.3) is 0 Å². The topological polar surface area (TPSA) is 102 Å². The van der Waals surface area contributed by atoms with E-state index in [0.29, 0.717) is 12.6 Å². The number of para-hydroxylation sites is 2. The van der Waals surface area contributed by atoms with Gasteiger partial charge in [0.1, 0.15) is 5.69 Å². The number of nitro benzene ring substituents is 1. The molecule has 0 aliphatic carbocycles. The van der Waals surface area contributed by atoms with Gasteiger partial charge in [0.05, 0.1) is 11.5 Å². The average Bonchev–Trinajstić information content (AvgIpc) is 2.50. The number of amides is 1. The maximum absolute atomic E-state index is 12.2. The number of nitrogens with zero attached hydrogens (tertiary/aromatic N) is 2. The van der Waals surface area contributed by atoms with Crippen LogP contribution in [-0.2, 0) is 4.79 Å². The molecule has 0 aromatic heterocycles. The first-order valence-electron chi connectivity index (χ1n) is 7.59. The molecule has 1 saturated heterocycles. The molecule has 1 atom stereocenters. The molecule has 0 saturated carbocycles. The summed E-state index contributed by atoms with van der Waals surface area (Å²) in [6.45, 7) is 1.72. The Kier molecular flexibility index (Phi) is 7.94. The fourth-order valence-corrected chi connectivity index (χ4v) is 2.90. The molecule has 1 aromatic carbocycles. The molecule has 1 amide bonds. The van der Waals surface area contributed by atoms with Crippen molar-refractivity contribution in [2.75, 3.05) is 25.0 Å². The van der Waals surface area contributed by atoms with E-state index in [1.54, 1.807) is 18.2 Å². The standard InChI is InChI=1S/C15H22N4O3.ClH/c16-9-8-12-5-3-4-10-18(12)11-15(20)17-13-6-1-2-7-14(13)19(21)22;/h1-2,6-7,12H,3-5,8-11,16H2,(H,17,20);1H. The molecule has 8 heteroatoms. The summed E-state index contributed by atoms with van der Waals surface area (Å²) in [5.41, 5.74) is 5.78. The molecule has 1 heterocycles. The zero-order valence-electron chi connectivity index (χ0n) is 12.9. The van der Waals surface area contributed by atoms with E-state index >= 15 is 0 Å². The van der Waals surface area contributed by atoms with Crippen molar-refractivity contribution >= 4 is 29.7 Å². The first-order valence-corrected chi connectivity index (χ1v) is 7.59. The summed E-state index contributed by atoms with van der Waals surface area (Å²) in [5, 5.41) is 13.6. The van der Waals surface area contributed by atoms with Crippen molar-refractivity contribution in [2.24, 2.45) is 5.73 Å². The smallest absolute Gasteiger partial charge is 0.292 e. The predicted molar refractivity (Wildman–Crippen MR) is 91.9 cm³/mol.